The van der Waals surface area contributed by atoms with Gasteiger partial charge in [-0.05, 0) is 56.5 Å². The summed E-state index contributed by atoms with van der Waals surface area (Å²) in [6, 6.07) is 8.32. The average molecular weight is 487 g/mol. The molecule has 1 aliphatic carbocycles. The quantitative estimate of drug-likeness (QED) is 0.551. The third kappa shape index (κ3) is 4.21. The van der Waals surface area contributed by atoms with Crippen molar-refractivity contribution in [1.82, 2.24) is 24.8 Å². The number of nitrogens with zero attached hydrogens (tertiary/aromatic N) is 6. The second-order valence-electron chi connectivity index (χ2n) is 9.71. The van der Waals surface area contributed by atoms with Crippen molar-refractivity contribution >= 4 is 40.3 Å². The fourth-order valence-corrected chi connectivity index (χ4v) is 5.09. The molecule has 1 saturated carbocycles. The molecule has 10 heteroatoms. The van der Waals surface area contributed by atoms with Crippen molar-refractivity contribution in [3.8, 4) is 0 Å². The van der Waals surface area contributed by atoms with Crippen molar-refractivity contribution in [2.24, 2.45) is 4.99 Å². The summed E-state index contributed by atoms with van der Waals surface area (Å²) in [5.41, 5.74) is 4.92. The van der Waals surface area contributed by atoms with Gasteiger partial charge in [-0.25, -0.2) is 14.8 Å². The van der Waals surface area contributed by atoms with Gasteiger partial charge in [-0.2, -0.15) is 4.98 Å². The summed E-state index contributed by atoms with van der Waals surface area (Å²) in [5.74, 6) is 0.587. The van der Waals surface area contributed by atoms with Gasteiger partial charge >= 0.3 is 5.69 Å². The molecule has 1 aromatic carbocycles. The van der Waals surface area contributed by atoms with Gasteiger partial charge in [0.05, 0.1) is 34.3 Å². The van der Waals surface area contributed by atoms with Crippen LogP contribution in [0, 0.1) is 6.92 Å². The van der Waals surface area contributed by atoms with E-state index in [1.165, 1.54) is 0 Å². The summed E-state index contributed by atoms with van der Waals surface area (Å²) < 4.78 is 1.60. The number of aryl methyl sites for hydroxylation is 1. The van der Waals surface area contributed by atoms with Crippen molar-refractivity contribution in [2.45, 2.75) is 45.8 Å². The van der Waals surface area contributed by atoms with E-state index in [4.69, 9.17) is 0 Å². The van der Waals surface area contributed by atoms with Crippen LogP contribution in [0.15, 0.2) is 34.1 Å². The second-order valence-corrected chi connectivity index (χ2v) is 9.71. The smallest absolute Gasteiger partial charge is 0.349 e. The molecule has 3 aliphatic rings. The van der Waals surface area contributed by atoms with Gasteiger partial charge in [0.15, 0.2) is 0 Å². The van der Waals surface area contributed by atoms with Crippen LogP contribution in [0.1, 0.15) is 41.5 Å². The first-order valence-electron chi connectivity index (χ1n) is 12.6. The van der Waals surface area contributed by atoms with Gasteiger partial charge in [0.2, 0.25) is 0 Å². The van der Waals surface area contributed by atoms with Crippen LogP contribution in [0.3, 0.4) is 0 Å². The first-order chi connectivity index (χ1) is 17.5. The molecule has 0 bridgehead atoms. The zero-order valence-corrected chi connectivity index (χ0v) is 20.6. The SMILES string of the molecule is CCn1c2c3c(cc(CN4CCN(c5ccc(C(=O)NC6CC6)nc5C)CC4)cc3nc1=O)NC=N2. The van der Waals surface area contributed by atoms with Gasteiger partial charge in [0.25, 0.3) is 5.91 Å². The molecule has 186 valence electrons. The molecule has 2 N–H and O–H groups in total. The number of aliphatic imine (C=N–C) groups is 1. The molecule has 2 aromatic heterocycles. The molecule has 10 nitrogen and oxygen atoms in total. The zero-order valence-electron chi connectivity index (χ0n) is 20.6. The van der Waals surface area contributed by atoms with E-state index in [9.17, 15) is 9.59 Å². The number of aromatic nitrogens is 3. The molecule has 0 spiro atoms. The molecular weight excluding hydrogens is 456 g/mol. The number of carbonyl (C=O) groups is 1. The molecule has 1 amide bonds. The average Bonchev–Trinajstić information content (AvgIpc) is 3.69. The van der Waals surface area contributed by atoms with Crippen LogP contribution < -0.4 is 21.2 Å². The summed E-state index contributed by atoms with van der Waals surface area (Å²) in [6.45, 7) is 8.78. The Morgan fingerprint density at radius 1 is 1.14 bits per heavy atom. The molecule has 0 radical (unpaired) electrons. The van der Waals surface area contributed by atoms with Crippen LogP contribution in [0.5, 0.6) is 0 Å². The highest BCUT2D eigenvalue weighted by Crippen LogP contribution is 2.34. The van der Waals surface area contributed by atoms with Crippen LogP contribution in [-0.2, 0) is 13.1 Å². The molecule has 1 saturated heterocycles. The number of piperazine rings is 1. The summed E-state index contributed by atoms with van der Waals surface area (Å²) in [4.78, 5) is 42.9. The van der Waals surface area contributed by atoms with Crippen molar-refractivity contribution < 1.29 is 4.79 Å². The van der Waals surface area contributed by atoms with E-state index in [1.807, 2.05) is 32.0 Å². The van der Waals surface area contributed by atoms with Gasteiger partial charge in [0.1, 0.15) is 11.5 Å². The zero-order chi connectivity index (χ0) is 24.8. The topological polar surface area (TPSA) is 108 Å². The molecule has 4 heterocycles. The minimum atomic E-state index is -0.268. The Morgan fingerprint density at radius 2 is 1.94 bits per heavy atom. The van der Waals surface area contributed by atoms with Crippen molar-refractivity contribution in [3.63, 3.8) is 0 Å². The van der Waals surface area contributed by atoms with Crippen molar-refractivity contribution in [3.05, 3.63) is 51.7 Å². The number of hydrogen-bond acceptors (Lipinski definition) is 8. The fraction of sp³-hybridized carbons (Fsp3) is 0.423. The van der Waals surface area contributed by atoms with Gasteiger partial charge in [-0.1, -0.05) is 0 Å². The minimum absolute atomic E-state index is 0.0811. The lowest BCUT2D eigenvalue weighted by Crippen LogP contribution is -2.46. The van der Waals surface area contributed by atoms with Crippen molar-refractivity contribution in [2.75, 3.05) is 36.4 Å². The Bertz CT molecular complexity index is 1430. The molecule has 36 heavy (non-hydrogen) atoms. The van der Waals surface area contributed by atoms with E-state index in [0.717, 1.165) is 73.6 Å². The number of anilines is 2. The highest BCUT2D eigenvalue weighted by atomic mass is 16.2. The maximum absolute atomic E-state index is 12.5. The van der Waals surface area contributed by atoms with Gasteiger partial charge in [-0.3, -0.25) is 14.3 Å². The Kier molecular flexibility index (Phi) is 5.67. The minimum Gasteiger partial charge on any atom is -0.368 e. The third-order valence-electron chi connectivity index (χ3n) is 7.15. The maximum atomic E-state index is 12.5. The molecule has 2 aliphatic heterocycles. The number of carbonyl (C=O) groups excluding carboxylic acids is 1. The van der Waals surface area contributed by atoms with E-state index in [1.54, 1.807) is 10.9 Å². The Hall–Kier alpha value is -3.79. The van der Waals surface area contributed by atoms with Crippen LogP contribution in [0.2, 0.25) is 0 Å². The lowest BCUT2D eigenvalue weighted by molar-refractivity contribution is 0.0946. The van der Waals surface area contributed by atoms with Gasteiger partial charge in [-0.15, -0.1) is 0 Å². The van der Waals surface area contributed by atoms with E-state index in [2.05, 4.69) is 41.5 Å². The Labute approximate surface area is 209 Å². The van der Waals surface area contributed by atoms with E-state index < -0.39 is 0 Å². The van der Waals surface area contributed by atoms with Crippen LogP contribution in [0.25, 0.3) is 10.9 Å². The van der Waals surface area contributed by atoms with Crippen LogP contribution >= 0.6 is 0 Å². The molecule has 6 rings (SSSR count). The second kappa shape index (κ2) is 9.02. The summed E-state index contributed by atoms with van der Waals surface area (Å²) in [7, 11) is 0. The molecule has 2 fully saturated rings. The van der Waals surface area contributed by atoms with E-state index in [0.29, 0.717) is 29.6 Å². The first kappa shape index (κ1) is 22.7. The predicted octanol–water partition coefficient (Wildman–Crippen LogP) is 2.42. The van der Waals surface area contributed by atoms with Gasteiger partial charge < -0.3 is 15.5 Å². The molecule has 0 atom stereocenters. The van der Waals surface area contributed by atoms with Gasteiger partial charge in [0, 0.05) is 45.3 Å². The Morgan fingerprint density at radius 3 is 2.67 bits per heavy atom. The number of pyridine rings is 1. The van der Waals surface area contributed by atoms with Crippen molar-refractivity contribution in [1.29, 1.82) is 0 Å². The normalized spacial score (nSPS) is 17.3. The highest BCUT2D eigenvalue weighted by molar-refractivity contribution is 6.06. The summed E-state index contributed by atoms with van der Waals surface area (Å²) in [6.07, 6.45) is 3.77. The number of nitrogens with one attached hydrogen (secondary N) is 2. The predicted molar refractivity (Wildman–Crippen MR) is 140 cm³/mol. The van der Waals surface area contributed by atoms with E-state index >= 15 is 0 Å². The van der Waals surface area contributed by atoms with Crippen LogP contribution in [-0.4, -0.2) is 63.9 Å². The van der Waals surface area contributed by atoms with Crippen LogP contribution in [0.4, 0.5) is 17.2 Å². The standard InChI is InChI=1S/C26H30N8O2/c1-3-34-24-23-20(27-15-28-24)12-17(13-21(23)31-26(34)36)14-32-8-10-33(11-9-32)22-7-6-19(29-16(22)2)25(35)30-18-4-5-18/h6-7,12-13,15,18H,3-5,8-11,14H2,1-2H3,(H,27,28)(H,30,35). The number of amides is 1. The molecule has 0 unspecified atom stereocenters. The lowest BCUT2D eigenvalue weighted by atomic mass is 10.1. The fourth-order valence-electron chi connectivity index (χ4n) is 5.09. The largest absolute Gasteiger partial charge is 0.368 e. The highest BCUT2D eigenvalue weighted by Gasteiger charge is 2.25. The summed E-state index contributed by atoms with van der Waals surface area (Å²) >= 11 is 0. The lowest BCUT2D eigenvalue weighted by Gasteiger charge is -2.36. The summed E-state index contributed by atoms with van der Waals surface area (Å²) in [5, 5.41) is 7.12. The molecular formula is C26H30N8O2. The number of rotatable bonds is 6. The first-order valence-corrected chi connectivity index (χ1v) is 12.6. The van der Waals surface area contributed by atoms with E-state index in [-0.39, 0.29) is 11.6 Å². The molecule has 3 aromatic rings. The third-order valence-corrected chi connectivity index (χ3v) is 7.15. The maximum Gasteiger partial charge on any atom is 0.349 e. The monoisotopic (exact) mass is 486 g/mol. The number of benzene rings is 1. The Balaban J connectivity index is 1.14. The number of hydrogen-bond donors (Lipinski definition) is 2.